The van der Waals surface area contributed by atoms with Crippen molar-refractivity contribution in [3.05, 3.63) is 139 Å². The van der Waals surface area contributed by atoms with Gasteiger partial charge in [-0.1, -0.05) is 92.7 Å². The van der Waals surface area contributed by atoms with Crippen molar-refractivity contribution in [3.8, 4) is 27.9 Å². The fourth-order valence-electron chi connectivity index (χ4n) is 7.15. The number of para-hydroxylation sites is 2. The first-order valence-electron chi connectivity index (χ1n) is 14.3. The third kappa shape index (κ3) is 3.08. The molecule has 2 aromatic heterocycles. The molecule has 6 aromatic carbocycles. The van der Waals surface area contributed by atoms with Crippen molar-refractivity contribution in [1.29, 1.82) is 0 Å². The molecule has 0 fully saturated rings. The van der Waals surface area contributed by atoms with Gasteiger partial charge in [0.2, 0.25) is 0 Å². The summed E-state index contributed by atoms with van der Waals surface area (Å²) in [7, 11) is 0. The zero-order valence-electron chi connectivity index (χ0n) is 23.0. The van der Waals surface area contributed by atoms with E-state index in [-0.39, 0.29) is 5.41 Å². The van der Waals surface area contributed by atoms with Crippen molar-refractivity contribution < 1.29 is 4.42 Å². The summed E-state index contributed by atoms with van der Waals surface area (Å²) in [5.74, 6) is 0. The highest BCUT2D eigenvalue weighted by molar-refractivity contribution is 6.10. The average Bonchev–Trinajstić information content (AvgIpc) is 3.62. The topological polar surface area (TPSA) is 18.1 Å². The van der Waals surface area contributed by atoms with Crippen LogP contribution in [0.3, 0.4) is 0 Å². The Morgan fingerprint density at radius 3 is 1.88 bits per heavy atom. The zero-order valence-corrected chi connectivity index (χ0v) is 23.0. The van der Waals surface area contributed by atoms with Gasteiger partial charge < -0.3 is 8.98 Å². The molecule has 0 unspecified atom stereocenters. The molecule has 1 aliphatic carbocycles. The Bertz CT molecular complexity index is 2280. The van der Waals surface area contributed by atoms with E-state index in [0.717, 1.165) is 22.2 Å². The predicted octanol–water partition coefficient (Wildman–Crippen LogP) is 10.7. The van der Waals surface area contributed by atoms with Gasteiger partial charge in [-0.25, -0.2) is 0 Å². The van der Waals surface area contributed by atoms with Crippen molar-refractivity contribution in [2.45, 2.75) is 19.3 Å². The van der Waals surface area contributed by atoms with Crippen LogP contribution in [0.25, 0.3) is 71.7 Å². The summed E-state index contributed by atoms with van der Waals surface area (Å²) in [5.41, 5.74) is 13.2. The molecular weight excluding hydrogens is 498 g/mol. The normalized spacial score (nSPS) is 13.8. The number of fused-ring (bicyclic) bond motifs is 9. The summed E-state index contributed by atoms with van der Waals surface area (Å²) in [6.45, 7) is 4.63. The number of benzene rings is 6. The van der Waals surface area contributed by atoms with Crippen molar-refractivity contribution in [1.82, 2.24) is 4.57 Å². The van der Waals surface area contributed by atoms with Crippen molar-refractivity contribution in [2.24, 2.45) is 0 Å². The summed E-state index contributed by atoms with van der Waals surface area (Å²) in [4.78, 5) is 0. The highest BCUT2D eigenvalue weighted by Crippen LogP contribution is 2.50. The maximum atomic E-state index is 6.41. The molecule has 0 radical (unpaired) electrons. The van der Waals surface area contributed by atoms with E-state index >= 15 is 0 Å². The molecule has 1 aliphatic rings. The Morgan fingerprint density at radius 1 is 0.488 bits per heavy atom. The van der Waals surface area contributed by atoms with E-state index in [1.807, 2.05) is 0 Å². The molecule has 0 spiro atoms. The summed E-state index contributed by atoms with van der Waals surface area (Å²) in [5, 5.41) is 4.90. The fourth-order valence-corrected chi connectivity index (χ4v) is 7.15. The van der Waals surface area contributed by atoms with E-state index in [4.69, 9.17) is 4.42 Å². The third-order valence-electron chi connectivity index (χ3n) is 9.21. The van der Waals surface area contributed by atoms with Gasteiger partial charge in [0.25, 0.3) is 0 Å². The highest BCUT2D eigenvalue weighted by Gasteiger charge is 2.36. The number of furan rings is 1. The van der Waals surface area contributed by atoms with Crippen LogP contribution in [0.2, 0.25) is 0 Å². The Balaban J connectivity index is 1.17. The largest absolute Gasteiger partial charge is 0.456 e. The maximum Gasteiger partial charge on any atom is 0.135 e. The van der Waals surface area contributed by atoms with E-state index in [9.17, 15) is 0 Å². The van der Waals surface area contributed by atoms with Gasteiger partial charge in [0.1, 0.15) is 11.2 Å². The van der Waals surface area contributed by atoms with Crippen molar-refractivity contribution in [3.63, 3.8) is 0 Å². The molecule has 0 saturated carbocycles. The van der Waals surface area contributed by atoms with Crippen LogP contribution in [0.15, 0.2) is 132 Å². The van der Waals surface area contributed by atoms with Gasteiger partial charge in [-0.3, -0.25) is 0 Å². The van der Waals surface area contributed by atoms with E-state index in [0.29, 0.717) is 0 Å². The van der Waals surface area contributed by atoms with E-state index in [1.54, 1.807) is 0 Å². The quantitative estimate of drug-likeness (QED) is 0.219. The van der Waals surface area contributed by atoms with Crippen LogP contribution in [0.4, 0.5) is 0 Å². The standard InChI is InChI=1S/C39H27NO/c1-39(2)33-12-6-3-9-27(33)30-22-32-31-21-25(17-20-37(31)41-38(32)23-34(30)39)24-15-18-26(19-16-24)40-35-13-7-4-10-28(35)29-11-5-8-14-36(29)40/h3-23H,1-2H3. The summed E-state index contributed by atoms with van der Waals surface area (Å²) < 4.78 is 8.77. The Morgan fingerprint density at radius 2 is 1.12 bits per heavy atom. The molecule has 0 bridgehead atoms. The van der Waals surface area contributed by atoms with Crippen LogP contribution >= 0.6 is 0 Å². The van der Waals surface area contributed by atoms with Crippen molar-refractivity contribution in [2.75, 3.05) is 0 Å². The molecule has 0 N–H and O–H groups in total. The number of aromatic nitrogens is 1. The summed E-state index contributed by atoms with van der Waals surface area (Å²) in [6.07, 6.45) is 0. The average molecular weight is 526 g/mol. The molecule has 0 saturated heterocycles. The van der Waals surface area contributed by atoms with Gasteiger partial charge in [0, 0.05) is 32.6 Å². The van der Waals surface area contributed by atoms with Gasteiger partial charge in [0.05, 0.1) is 11.0 Å². The molecule has 0 amide bonds. The Labute approximate surface area is 238 Å². The molecule has 0 aliphatic heterocycles. The van der Waals surface area contributed by atoms with Crippen LogP contribution in [-0.2, 0) is 5.41 Å². The first-order chi connectivity index (χ1) is 20.1. The number of nitrogens with zero attached hydrogens (tertiary/aromatic N) is 1. The summed E-state index contributed by atoms with van der Waals surface area (Å²) >= 11 is 0. The minimum Gasteiger partial charge on any atom is -0.456 e. The SMILES string of the molecule is CC1(C)c2ccccc2-c2cc3c(cc21)oc1ccc(-c2ccc(-n4c5ccccc5c5ccccc54)cc2)cc13. The van der Waals surface area contributed by atoms with Gasteiger partial charge in [-0.15, -0.1) is 0 Å². The monoisotopic (exact) mass is 525 g/mol. The number of rotatable bonds is 2. The van der Waals surface area contributed by atoms with Crippen molar-refractivity contribution >= 4 is 43.7 Å². The Hall–Kier alpha value is -5.08. The predicted molar refractivity (Wildman–Crippen MR) is 171 cm³/mol. The maximum absolute atomic E-state index is 6.41. The molecule has 194 valence electrons. The Kier molecular flexibility index (Phi) is 4.42. The molecule has 0 atom stereocenters. The lowest BCUT2D eigenvalue weighted by Gasteiger charge is -2.21. The van der Waals surface area contributed by atoms with Crippen LogP contribution < -0.4 is 0 Å². The van der Waals surface area contributed by atoms with Crippen LogP contribution in [0.1, 0.15) is 25.0 Å². The molecule has 2 nitrogen and oxygen atoms in total. The second-order valence-corrected chi connectivity index (χ2v) is 11.8. The first kappa shape index (κ1) is 22.7. The zero-order chi connectivity index (χ0) is 27.3. The second-order valence-electron chi connectivity index (χ2n) is 11.8. The van der Waals surface area contributed by atoms with Crippen LogP contribution in [-0.4, -0.2) is 4.57 Å². The smallest absolute Gasteiger partial charge is 0.135 e. The van der Waals surface area contributed by atoms with Gasteiger partial charge in [-0.05, 0) is 81.9 Å². The van der Waals surface area contributed by atoms with E-state index in [2.05, 4.69) is 146 Å². The molecule has 2 heterocycles. The lowest BCUT2D eigenvalue weighted by molar-refractivity contribution is 0.647. The first-order valence-corrected chi connectivity index (χ1v) is 14.3. The molecular formula is C39H27NO. The lowest BCUT2D eigenvalue weighted by atomic mass is 9.82. The van der Waals surface area contributed by atoms with Gasteiger partial charge in [-0.2, -0.15) is 0 Å². The van der Waals surface area contributed by atoms with E-state index in [1.165, 1.54) is 60.6 Å². The van der Waals surface area contributed by atoms with Crippen LogP contribution in [0.5, 0.6) is 0 Å². The minimum absolute atomic E-state index is 0.0393. The molecule has 9 rings (SSSR count). The second kappa shape index (κ2) is 7.99. The van der Waals surface area contributed by atoms with E-state index < -0.39 is 0 Å². The highest BCUT2D eigenvalue weighted by atomic mass is 16.3. The third-order valence-corrected chi connectivity index (χ3v) is 9.21. The fraction of sp³-hybridized carbons (Fsp3) is 0.0769. The van der Waals surface area contributed by atoms with Crippen LogP contribution in [0, 0.1) is 0 Å². The molecule has 2 heteroatoms. The minimum atomic E-state index is -0.0393. The lowest BCUT2D eigenvalue weighted by Crippen LogP contribution is -2.14. The molecule has 8 aromatic rings. The van der Waals surface area contributed by atoms with Gasteiger partial charge in [0.15, 0.2) is 0 Å². The summed E-state index contributed by atoms with van der Waals surface area (Å²) in [6, 6.07) is 46.2. The number of hydrogen-bond acceptors (Lipinski definition) is 1. The van der Waals surface area contributed by atoms with Gasteiger partial charge >= 0.3 is 0 Å². The molecule has 41 heavy (non-hydrogen) atoms. The number of hydrogen-bond donors (Lipinski definition) is 0.